The van der Waals surface area contributed by atoms with Gasteiger partial charge >= 0.3 is 0 Å². The van der Waals surface area contributed by atoms with Crippen molar-refractivity contribution < 1.29 is 4.58 Å². The van der Waals surface area contributed by atoms with Crippen molar-refractivity contribution in [3.05, 3.63) is 29.8 Å². The summed E-state index contributed by atoms with van der Waals surface area (Å²) < 4.78 is 2.31. The molecule has 2 rings (SSSR count). The van der Waals surface area contributed by atoms with Gasteiger partial charge in [0.05, 0.1) is 6.42 Å². The van der Waals surface area contributed by atoms with Crippen LogP contribution in [0.25, 0.3) is 0 Å². The maximum absolute atomic E-state index is 2.31. The van der Waals surface area contributed by atoms with Crippen molar-refractivity contribution in [1.29, 1.82) is 0 Å². The zero-order chi connectivity index (χ0) is 10.6. The number of para-hydroxylation sites is 1. The monoisotopic (exact) mass is 190 g/mol. The lowest BCUT2D eigenvalue weighted by atomic mass is 10.1. The van der Waals surface area contributed by atoms with Gasteiger partial charge in [0.25, 0.3) is 0 Å². The van der Waals surface area contributed by atoms with Crippen LogP contribution in [0.2, 0.25) is 0 Å². The maximum atomic E-state index is 2.31. The van der Waals surface area contributed by atoms with Crippen LogP contribution in [-0.2, 0) is 6.42 Å². The predicted molar refractivity (Wildman–Crippen MR) is 62.6 cm³/mol. The van der Waals surface area contributed by atoms with Crippen molar-refractivity contribution in [3.8, 4) is 0 Å². The molecular weight excluding hydrogens is 170 g/mol. The van der Waals surface area contributed by atoms with E-state index in [0.29, 0.717) is 0 Å². The lowest BCUT2D eigenvalue weighted by Crippen LogP contribution is -2.06. The Morgan fingerprint density at radius 2 is 1.86 bits per heavy atom. The van der Waals surface area contributed by atoms with E-state index in [1.165, 1.54) is 17.0 Å². The van der Waals surface area contributed by atoms with Gasteiger partial charge in [-0.3, -0.25) is 0 Å². The van der Waals surface area contributed by atoms with Crippen molar-refractivity contribution in [1.82, 2.24) is 0 Å². The summed E-state index contributed by atoms with van der Waals surface area (Å²) in [5, 5.41) is 0. The van der Waals surface area contributed by atoms with E-state index in [0.717, 1.165) is 12.8 Å². The first-order valence-corrected chi connectivity index (χ1v) is 5.49. The van der Waals surface area contributed by atoms with Gasteiger partial charge in [-0.1, -0.05) is 39.0 Å². The molecule has 1 aliphatic rings. The van der Waals surface area contributed by atoms with Gasteiger partial charge in [0.1, 0.15) is 7.05 Å². The van der Waals surface area contributed by atoms with Crippen LogP contribution in [-0.4, -0.2) is 17.3 Å². The fourth-order valence-corrected chi connectivity index (χ4v) is 1.86. The Balaban J connectivity index is 0.000000461. The van der Waals surface area contributed by atoms with E-state index < -0.39 is 0 Å². The van der Waals surface area contributed by atoms with Crippen molar-refractivity contribution in [2.75, 3.05) is 7.05 Å². The van der Waals surface area contributed by atoms with E-state index >= 15 is 0 Å². The molecule has 1 heteroatoms. The van der Waals surface area contributed by atoms with E-state index in [1.54, 1.807) is 0 Å². The molecule has 76 valence electrons. The second-order valence-corrected chi connectivity index (χ2v) is 3.28. The molecule has 0 fully saturated rings. The minimum absolute atomic E-state index is 1.14. The molecule has 0 radical (unpaired) electrons. The molecule has 1 nitrogen and oxygen atoms in total. The largest absolute Gasteiger partial charge is 0.208 e. The van der Waals surface area contributed by atoms with Crippen LogP contribution in [0.4, 0.5) is 5.69 Å². The van der Waals surface area contributed by atoms with Crippen molar-refractivity contribution >= 4 is 11.4 Å². The summed E-state index contributed by atoms with van der Waals surface area (Å²) in [6.07, 6.45) is 2.30. The van der Waals surface area contributed by atoms with Crippen molar-refractivity contribution in [2.24, 2.45) is 0 Å². The van der Waals surface area contributed by atoms with Crippen molar-refractivity contribution in [3.63, 3.8) is 0 Å². The molecule has 1 aliphatic heterocycles. The molecule has 14 heavy (non-hydrogen) atoms. The molecule has 0 aliphatic carbocycles. The highest BCUT2D eigenvalue weighted by Crippen LogP contribution is 2.25. The van der Waals surface area contributed by atoms with E-state index in [9.17, 15) is 0 Å². The summed E-state index contributed by atoms with van der Waals surface area (Å²) in [6, 6.07) is 8.63. The molecule has 1 heterocycles. The SMILES string of the molecule is CC.CCC1=[N+](C)c2ccccc2C1. The first-order valence-electron chi connectivity index (χ1n) is 5.49. The van der Waals surface area contributed by atoms with Gasteiger partial charge in [0.15, 0.2) is 5.71 Å². The third-order valence-corrected chi connectivity index (χ3v) is 2.63. The molecule has 0 saturated heterocycles. The third-order valence-electron chi connectivity index (χ3n) is 2.63. The van der Waals surface area contributed by atoms with Crippen LogP contribution in [0.15, 0.2) is 24.3 Å². The van der Waals surface area contributed by atoms with Gasteiger partial charge < -0.3 is 0 Å². The maximum Gasteiger partial charge on any atom is 0.208 e. The second kappa shape index (κ2) is 4.94. The Kier molecular flexibility index (Phi) is 3.87. The fraction of sp³-hybridized carbons (Fsp3) is 0.462. The van der Waals surface area contributed by atoms with Gasteiger partial charge in [0, 0.05) is 18.1 Å². The molecule has 1 aromatic carbocycles. The first-order chi connectivity index (χ1) is 6.83. The van der Waals surface area contributed by atoms with Gasteiger partial charge in [-0.25, -0.2) is 4.58 Å². The second-order valence-electron chi connectivity index (χ2n) is 3.28. The Morgan fingerprint density at radius 1 is 1.21 bits per heavy atom. The zero-order valence-corrected chi connectivity index (χ0v) is 9.67. The predicted octanol–water partition coefficient (Wildman–Crippen LogP) is 3.39. The molecule has 0 N–H and O–H groups in total. The first kappa shape index (κ1) is 11.0. The molecule has 0 saturated carbocycles. The normalized spacial score (nSPS) is 13.4. The Hall–Kier alpha value is -1.11. The van der Waals surface area contributed by atoms with Crippen molar-refractivity contribution in [2.45, 2.75) is 33.6 Å². The topological polar surface area (TPSA) is 3.01 Å². The summed E-state index contributed by atoms with van der Waals surface area (Å²) >= 11 is 0. The molecule has 0 aromatic heterocycles. The number of rotatable bonds is 1. The van der Waals surface area contributed by atoms with Crippen LogP contribution in [0.5, 0.6) is 0 Å². The molecule has 0 unspecified atom stereocenters. The summed E-state index contributed by atoms with van der Waals surface area (Å²) in [7, 11) is 2.16. The fourth-order valence-electron chi connectivity index (χ4n) is 1.86. The molecule has 1 aromatic rings. The molecule has 0 atom stereocenters. The smallest absolute Gasteiger partial charge is 0.202 e. The summed E-state index contributed by atoms with van der Waals surface area (Å²) in [4.78, 5) is 0. The minimum Gasteiger partial charge on any atom is -0.202 e. The van der Waals surface area contributed by atoms with E-state index in [1.807, 2.05) is 13.8 Å². The van der Waals surface area contributed by atoms with E-state index in [4.69, 9.17) is 0 Å². The lowest BCUT2D eigenvalue weighted by molar-refractivity contribution is -0.403. The average Bonchev–Trinajstić information content (AvgIpc) is 2.59. The summed E-state index contributed by atoms with van der Waals surface area (Å²) in [5.41, 5.74) is 4.38. The highest BCUT2D eigenvalue weighted by Gasteiger charge is 2.24. The molecule has 0 amide bonds. The summed E-state index contributed by atoms with van der Waals surface area (Å²) in [5.74, 6) is 0. The van der Waals surface area contributed by atoms with Crippen LogP contribution in [0.3, 0.4) is 0 Å². The van der Waals surface area contributed by atoms with Crippen LogP contribution in [0.1, 0.15) is 32.8 Å². The molecular formula is C13H20N+. The Morgan fingerprint density at radius 3 is 2.43 bits per heavy atom. The highest BCUT2D eigenvalue weighted by atomic mass is 15.0. The van der Waals surface area contributed by atoms with Gasteiger partial charge in [-0.15, -0.1) is 0 Å². The standard InChI is InChI=1S/C11H14N.C2H6/c1-3-10-8-9-6-4-5-7-11(9)12(10)2;1-2/h4-7H,3,8H2,1-2H3;1-2H3/q+1;. The highest BCUT2D eigenvalue weighted by molar-refractivity contribution is 5.86. The summed E-state index contributed by atoms with van der Waals surface area (Å²) in [6.45, 7) is 6.22. The van der Waals surface area contributed by atoms with Crippen LogP contribution < -0.4 is 0 Å². The van der Waals surface area contributed by atoms with E-state index in [-0.39, 0.29) is 0 Å². The number of nitrogens with zero attached hydrogens (tertiary/aromatic N) is 1. The number of fused-ring (bicyclic) bond motifs is 1. The molecule has 0 spiro atoms. The Labute approximate surface area is 87.1 Å². The lowest BCUT2D eigenvalue weighted by Gasteiger charge is -1.92. The Bertz CT molecular complexity index is 337. The van der Waals surface area contributed by atoms with Gasteiger partial charge in [-0.05, 0) is 0 Å². The van der Waals surface area contributed by atoms with Crippen LogP contribution >= 0.6 is 0 Å². The zero-order valence-electron chi connectivity index (χ0n) is 9.67. The minimum atomic E-state index is 1.14. The van der Waals surface area contributed by atoms with Gasteiger partial charge in [0.2, 0.25) is 5.69 Å². The van der Waals surface area contributed by atoms with E-state index in [2.05, 4.69) is 42.8 Å². The average molecular weight is 190 g/mol. The van der Waals surface area contributed by atoms with Gasteiger partial charge in [-0.2, -0.15) is 0 Å². The number of benzene rings is 1. The number of hydrogen-bond acceptors (Lipinski definition) is 0. The number of hydrogen-bond donors (Lipinski definition) is 0. The molecule has 0 bridgehead atoms. The van der Waals surface area contributed by atoms with Crippen LogP contribution in [0, 0.1) is 0 Å². The quantitative estimate of drug-likeness (QED) is 0.597. The third kappa shape index (κ3) is 1.87.